The minimum Gasteiger partial charge on any atom is -0.480 e. The Morgan fingerprint density at radius 2 is 2.13 bits per heavy atom. The van der Waals surface area contributed by atoms with Crippen molar-refractivity contribution < 1.29 is 19.6 Å². The predicted octanol–water partition coefficient (Wildman–Crippen LogP) is 2.39. The van der Waals surface area contributed by atoms with Gasteiger partial charge in [0.05, 0.1) is 4.92 Å². The largest absolute Gasteiger partial charge is 0.480 e. The van der Waals surface area contributed by atoms with Crippen LogP contribution in [0.1, 0.15) is 32.3 Å². The molecular formula is C15H19N3O5. The highest BCUT2D eigenvalue weighted by Crippen LogP contribution is 2.34. The van der Waals surface area contributed by atoms with Crippen molar-refractivity contribution in [1.82, 2.24) is 0 Å². The summed E-state index contributed by atoms with van der Waals surface area (Å²) in [4.78, 5) is 33.6. The Bertz CT molecular complexity index is 657. The van der Waals surface area contributed by atoms with Crippen LogP contribution < -0.4 is 10.6 Å². The summed E-state index contributed by atoms with van der Waals surface area (Å²) >= 11 is 0. The Labute approximate surface area is 133 Å². The van der Waals surface area contributed by atoms with E-state index in [9.17, 15) is 24.8 Å². The molecule has 1 heterocycles. The second kappa shape index (κ2) is 6.64. The number of carboxylic acids is 1. The number of nitrogens with zero attached hydrogens (tertiary/aromatic N) is 1. The van der Waals surface area contributed by atoms with Crippen molar-refractivity contribution in [2.75, 3.05) is 10.6 Å². The van der Waals surface area contributed by atoms with Gasteiger partial charge in [-0.2, -0.15) is 0 Å². The molecule has 1 aliphatic rings. The van der Waals surface area contributed by atoms with Crippen LogP contribution in [-0.2, 0) is 16.0 Å². The normalized spacial score (nSPS) is 14.8. The van der Waals surface area contributed by atoms with Gasteiger partial charge in [0.1, 0.15) is 11.7 Å². The van der Waals surface area contributed by atoms with E-state index in [1.165, 1.54) is 12.1 Å². The summed E-state index contributed by atoms with van der Waals surface area (Å²) in [5.41, 5.74) is 1.08. The molecule has 0 fully saturated rings. The van der Waals surface area contributed by atoms with Crippen LogP contribution in [-0.4, -0.2) is 27.9 Å². The van der Waals surface area contributed by atoms with Gasteiger partial charge >= 0.3 is 5.97 Å². The Kier molecular flexibility index (Phi) is 4.83. The van der Waals surface area contributed by atoms with Crippen LogP contribution in [0.25, 0.3) is 0 Å². The monoisotopic (exact) mass is 321 g/mol. The molecule has 1 aromatic carbocycles. The summed E-state index contributed by atoms with van der Waals surface area (Å²) in [6, 6.07) is 1.90. The van der Waals surface area contributed by atoms with E-state index in [0.717, 1.165) is 0 Å². The van der Waals surface area contributed by atoms with Crippen LogP contribution in [0, 0.1) is 16.0 Å². The van der Waals surface area contributed by atoms with Crippen LogP contribution >= 0.6 is 0 Å². The first kappa shape index (κ1) is 16.7. The molecular weight excluding hydrogens is 302 g/mol. The van der Waals surface area contributed by atoms with Crippen molar-refractivity contribution in [2.24, 2.45) is 5.92 Å². The van der Waals surface area contributed by atoms with Crippen LogP contribution in [0.4, 0.5) is 17.1 Å². The smallest absolute Gasteiger partial charge is 0.326 e. The number of nitro benzene ring substituents is 1. The highest BCUT2D eigenvalue weighted by molar-refractivity contribution is 5.95. The lowest BCUT2D eigenvalue weighted by Gasteiger charge is -2.21. The summed E-state index contributed by atoms with van der Waals surface area (Å²) in [5, 5.41) is 26.0. The van der Waals surface area contributed by atoms with E-state index in [0.29, 0.717) is 24.1 Å². The molecule has 2 rings (SSSR count). The average molecular weight is 321 g/mol. The van der Waals surface area contributed by atoms with Gasteiger partial charge in [-0.3, -0.25) is 14.9 Å². The number of aryl methyl sites for hydroxylation is 1. The number of benzene rings is 1. The lowest BCUT2D eigenvalue weighted by Crippen LogP contribution is -2.31. The number of nitrogens with one attached hydrogen (secondary N) is 2. The number of anilines is 2. The predicted molar refractivity (Wildman–Crippen MR) is 84.5 cm³/mol. The lowest BCUT2D eigenvalue weighted by molar-refractivity contribution is -0.384. The highest BCUT2D eigenvalue weighted by atomic mass is 16.6. The van der Waals surface area contributed by atoms with Gasteiger partial charge in [0, 0.05) is 18.2 Å². The molecule has 0 spiro atoms. The SMILES string of the molecule is CC(C)CC(Nc1cc2c(cc1[N+](=O)[O-])CCC(=O)N2)C(=O)O. The number of aliphatic carboxylic acids is 1. The summed E-state index contributed by atoms with van der Waals surface area (Å²) in [6.45, 7) is 3.75. The molecule has 8 nitrogen and oxygen atoms in total. The highest BCUT2D eigenvalue weighted by Gasteiger charge is 2.26. The zero-order chi connectivity index (χ0) is 17.1. The molecule has 1 aliphatic heterocycles. The van der Waals surface area contributed by atoms with E-state index in [1.807, 2.05) is 13.8 Å². The van der Waals surface area contributed by atoms with Crippen LogP contribution in [0.5, 0.6) is 0 Å². The van der Waals surface area contributed by atoms with Gasteiger partial charge in [0.2, 0.25) is 5.91 Å². The third kappa shape index (κ3) is 3.97. The molecule has 1 atom stereocenters. The standard InChI is InChI=1S/C15H19N3O5/c1-8(2)5-12(15(20)21)16-11-7-10-9(3-4-14(19)17-10)6-13(11)18(22)23/h6-8,12,16H,3-5H2,1-2H3,(H,17,19)(H,20,21). The zero-order valence-electron chi connectivity index (χ0n) is 13.0. The Morgan fingerprint density at radius 3 is 2.70 bits per heavy atom. The fraction of sp³-hybridized carbons (Fsp3) is 0.467. The van der Waals surface area contributed by atoms with Gasteiger partial charge in [-0.25, -0.2) is 4.79 Å². The van der Waals surface area contributed by atoms with Gasteiger partial charge < -0.3 is 15.7 Å². The number of carbonyl (C=O) groups excluding carboxylic acids is 1. The fourth-order valence-electron chi connectivity index (χ4n) is 2.56. The van der Waals surface area contributed by atoms with Crippen molar-refractivity contribution in [3.05, 3.63) is 27.8 Å². The molecule has 0 saturated carbocycles. The number of rotatable bonds is 6. The molecule has 23 heavy (non-hydrogen) atoms. The first-order valence-electron chi connectivity index (χ1n) is 7.38. The summed E-state index contributed by atoms with van der Waals surface area (Å²) in [6.07, 6.45) is 1.04. The zero-order valence-corrected chi connectivity index (χ0v) is 13.0. The Balaban J connectivity index is 2.39. The Hall–Kier alpha value is -2.64. The second-order valence-corrected chi connectivity index (χ2v) is 6.00. The number of hydrogen-bond donors (Lipinski definition) is 3. The number of fused-ring (bicyclic) bond motifs is 1. The van der Waals surface area contributed by atoms with Crippen molar-refractivity contribution in [3.63, 3.8) is 0 Å². The second-order valence-electron chi connectivity index (χ2n) is 6.00. The lowest BCUT2D eigenvalue weighted by atomic mass is 10.00. The molecule has 124 valence electrons. The van der Waals surface area contributed by atoms with Crippen LogP contribution in [0.2, 0.25) is 0 Å². The van der Waals surface area contributed by atoms with Gasteiger partial charge in [-0.1, -0.05) is 13.8 Å². The van der Waals surface area contributed by atoms with E-state index in [4.69, 9.17) is 0 Å². The number of nitro groups is 1. The van der Waals surface area contributed by atoms with Crippen molar-refractivity contribution in [3.8, 4) is 0 Å². The molecule has 0 radical (unpaired) electrons. The molecule has 0 saturated heterocycles. The summed E-state index contributed by atoms with van der Waals surface area (Å²) in [7, 11) is 0. The topological polar surface area (TPSA) is 122 Å². The molecule has 8 heteroatoms. The minimum atomic E-state index is -1.07. The van der Waals surface area contributed by atoms with Crippen LogP contribution in [0.3, 0.4) is 0 Å². The number of amides is 1. The van der Waals surface area contributed by atoms with Crippen LogP contribution in [0.15, 0.2) is 12.1 Å². The first-order chi connectivity index (χ1) is 10.8. The van der Waals surface area contributed by atoms with Gasteiger partial charge in [0.15, 0.2) is 0 Å². The summed E-state index contributed by atoms with van der Waals surface area (Å²) in [5.74, 6) is -1.12. The maximum absolute atomic E-state index is 11.5. The van der Waals surface area contributed by atoms with E-state index in [-0.39, 0.29) is 29.6 Å². The number of carboxylic acid groups (broad SMARTS) is 1. The van der Waals surface area contributed by atoms with Crippen molar-refractivity contribution >= 4 is 28.9 Å². The quantitative estimate of drug-likeness (QED) is 0.546. The van der Waals surface area contributed by atoms with E-state index >= 15 is 0 Å². The minimum absolute atomic E-state index is 0.101. The van der Waals surface area contributed by atoms with Gasteiger partial charge in [-0.15, -0.1) is 0 Å². The molecule has 0 bridgehead atoms. The van der Waals surface area contributed by atoms with E-state index < -0.39 is 16.9 Å². The number of carbonyl (C=O) groups is 2. The molecule has 3 N–H and O–H groups in total. The maximum Gasteiger partial charge on any atom is 0.326 e. The first-order valence-corrected chi connectivity index (χ1v) is 7.38. The fourth-order valence-corrected chi connectivity index (χ4v) is 2.56. The van der Waals surface area contributed by atoms with Gasteiger partial charge in [0.25, 0.3) is 5.69 Å². The third-order valence-electron chi connectivity index (χ3n) is 3.65. The molecule has 1 amide bonds. The molecule has 1 aromatic rings. The van der Waals surface area contributed by atoms with Crippen molar-refractivity contribution in [1.29, 1.82) is 0 Å². The molecule has 1 unspecified atom stereocenters. The Morgan fingerprint density at radius 1 is 1.43 bits per heavy atom. The van der Waals surface area contributed by atoms with E-state index in [1.54, 1.807) is 0 Å². The van der Waals surface area contributed by atoms with Gasteiger partial charge in [-0.05, 0) is 30.4 Å². The summed E-state index contributed by atoms with van der Waals surface area (Å²) < 4.78 is 0. The number of hydrogen-bond acceptors (Lipinski definition) is 5. The maximum atomic E-state index is 11.5. The molecule has 0 aliphatic carbocycles. The van der Waals surface area contributed by atoms with E-state index in [2.05, 4.69) is 10.6 Å². The average Bonchev–Trinajstić information content (AvgIpc) is 2.44. The molecule has 0 aromatic heterocycles. The van der Waals surface area contributed by atoms with Crippen molar-refractivity contribution in [2.45, 2.75) is 39.2 Å². The third-order valence-corrected chi connectivity index (χ3v) is 3.65.